The Bertz CT molecular complexity index is 288. The zero-order valence-electron chi connectivity index (χ0n) is 11.6. The first-order chi connectivity index (χ1) is 8.50. The van der Waals surface area contributed by atoms with E-state index in [9.17, 15) is 18.0 Å². The average molecular weight is 284 g/mol. The molecule has 3 N–H and O–H groups in total. The van der Waals surface area contributed by atoms with Crippen LogP contribution in [0.2, 0.25) is 0 Å². The standard InChI is InChI=1S/C12H23F3N2O2/c1-11(2,3)6-9(7-16)10(19)17(4-5-18)8-12(13,14)15/h9,18H,4-8,16H2,1-3H3. The second-order valence-electron chi connectivity index (χ2n) is 5.80. The lowest BCUT2D eigenvalue weighted by Gasteiger charge is -2.30. The molecule has 1 atom stereocenters. The van der Waals surface area contributed by atoms with Gasteiger partial charge in [-0.1, -0.05) is 20.8 Å². The number of alkyl halides is 3. The van der Waals surface area contributed by atoms with Gasteiger partial charge in [-0.3, -0.25) is 4.79 Å². The summed E-state index contributed by atoms with van der Waals surface area (Å²) in [5.41, 5.74) is 5.28. The Morgan fingerprint density at radius 3 is 2.16 bits per heavy atom. The molecule has 4 nitrogen and oxygen atoms in total. The zero-order valence-corrected chi connectivity index (χ0v) is 11.6. The highest BCUT2D eigenvalue weighted by atomic mass is 19.4. The van der Waals surface area contributed by atoms with Crippen LogP contribution in [0.5, 0.6) is 0 Å². The number of carbonyl (C=O) groups excluding carboxylic acids is 1. The predicted molar refractivity (Wildman–Crippen MR) is 66.3 cm³/mol. The summed E-state index contributed by atoms with van der Waals surface area (Å²) >= 11 is 0. The lowest BCUT2D eigenvalue weighted by atomic mass is 9.84. The molecule has 0 aromatic rings. The van der Waals surface area contributed by atoms with Crippen LogP contribution < -0.4 is 5.73 Å². The SMILES string of the molecule is CC(C)(C)CC(CN)C(=O)N(CCO)CC(F)(F)F. The number of nitrogens with two attached hydrogens (primary N) is 1. The lowest BCUT2D eigenvalue weighted by Crippen LogP contribution is -2.46. The minimum atomic E-state index is -4.48. The van der Waals surface area contributed by atoms with Crippen molar-refractivity contribution in [3.8, 4) is 0 Å². The molecule has 0 saturated heterocycles. The highest BCUT2D eigenvalue weighted by molar-refractivity contribution is 5.79. The molecule has 0 heterocycles. The molecule has 0 radical (unpaired) electrons. The molecule has 0 aliphatic rings. The van der Waals surface area contributed by atoms with E-state index in [2.05, 4.69) is 0 Å². The van der Waals surface area contributed by atoms with Gasteiger partial charge in [-0.2, -0.15) is 13.2 Å². The number of hydrogen-bond acceptors (Lipinski definition) is 3. The van der Waals surface area contributed by atoms with Gasteiger partial charge in [0.2, 0.25) is 5.91 Å². The first-order valence-corrected chi connectivity index (χ1v) is 6.16. The minimum Gasteiger partial charge on any atom is -0.395 e. The van der Waals surface area contributed by atoms with Crippen molar-refractivity contribution < 1.29 is 23.1 Å². The fourth-order valence-electron chi connectivity index (χ4n) is 1.87. The van der Waals surface area contributed by atoms with Crippen LogP contribution >= 0.6 is 0 Å². The van der Waals surface area contributed by atoms with Gasteiger partial charge >= 0.3 is 6.18 Å². The Kier molecular flexibility index (Phi) is 6.79. The van der Waals surface area contributed by atoms with Gasteiger partial charge in [-0.25, -0.2) is 0 Å². The highest BCUT2D eigenvalue weighted by Gasteiger charge is 2.35. The van der Waals surface area contributed by atoms with Crippen LogP contribution in [0.4, 0.5) is 13.2 Å². The Hall–Kier alpha value is -0.820. The summed E-state index contributed by atoms with van der Waals surface area (Å²) in [5.74, 6) is -1.31. The van der Waals surface area contributed by atoms with Crippen molar-refractivity contribution in [1.82, 2.24) is 4.90 Å². The number of aliphatic hydroxyl groups is 1. The van der Waals surface area contributed by atoms with Crippen molar-refractivity contribution >= 4 is 5.91 Å². The third kappa shape index (κ3) is 8.05. The van der Waals surface area contributed by atoms with Gasteiger partial charge in [-0.15, -0.1) is 0 Å². The third-order valence-electron chi connectivity index (χ3n) is 2.54. The van der Waals surface area contributed by atoms with Crippen molar-refractivity contribution in [1.29, 1.82) is 0 Å². The van der Waals surface area contributed by atoms with Crippen molar-refractivity contribution in [2.45, 2.75) is 33.4 Å². The number of rotatable bonds is 6. The van der Waals surface area contributed by atoms with E-state index in [1.54, 1.807) is 0 Å². The van der Waals surface area contributed by atoms with E-state index < -0.39 is 31.2 Å². The number of hydrogen-bond donors (Lipinski definition) is 2. The van der Waals surface area contributed by atoms with Crippen LogP contribution in [0.15, 0.2) is 0 Å². The monoisotopic (exact) mass is 284 g/mol. The van der Waals surface area contributed by atoms with Crippen molar-refractivity contribution in [2.75, 3.05) is 26.2 Å². The molecule has 7 heteroatoms. The molecule has 0 aliphatic heterocycles. The molecule has 19 heavy (non-hydrogen) atoms. The average Bonchev–Trinajstić information content (AvgIpc) is 2.21. The largest absolute Gasteiger partial charge is 0.406 e. The molecule has 0 saturated carbocycles. The van der Waals surface area contributed by atoms with Crippen LogP contribution in [0.3, 0.4) is 0 Å². The molecule has 1 amide bonds. The molecule has 0 fully saturated rings. The summed E-state index contributed by atoms with van der Waals surface area (Å²) in [6.07, 6.45) is -4.08. The molecule has 0 aromatic carbocycles. The van der Waals surface area contributed by atoms with E-state index in [1.807, 2.05) is 20.8 Å². The van der Waals surface area contributed by atoms with Gasteiger partial charge in [0, 0.05) is 13.1 Å². The Balaban J connectivity index is 4.84. The molecular formula is C12H23F3N2O2. The molecule has 0 rings (SSSR count). The number of nitrogens with zero attached hydrogens (tertiary/aromatic N) is 1. The molecule has 114 valence electrons. The zero-order chi connectivity index (χ0) is 15.3. The lowest BCUT2D eigenvalue weighted by molar-refractivity contribution is -0.165. The summed E-state index contributed by atoms with van der Waals surface area (Å²) in [6, 6.07) is 0. The van der Waals surface area contributed by atoms with Gasteiger partial charge in [0.15, 0.2) is 0 Å². The fourth-order valence-corrected chi connectivity index (χ4v) is 1.87. The maximum atomic E-state index is 12.4. The Morgan fingerprint density at radius 2 is 1.84 bits per heavy atom. The van der Waals surface area contributed by atoms with Crippen molar-refractivity contribution in [3.05, 3.63) is 0 Å². The first kappa shape index (κ1) is 18.2. The number of amides is 1. The van der Waals surface area contributed by atoms with E-state index >= 15 is 0 Å². The molecular weight excluding hydrogens is 261 g/mol. The van der Waals surface area contributed by atoms with E-state index in [1.165, 1.54) is 0 Å². The summed E-state index contributed by atoms with van der Waals surface area (Å²) in [6.45, 7) is 3.48. The van der Waals surface area contributed by atoms with Gasteiger partial charge in [-0.05, 0) is 11.8 Å². The van der Waals surface area contributed by atoms with E-state index in [4.69, 9.17) is 10.8 Å². The number of carbonyl (C=O) groups is 1. The maximum Gasteiger partial charge on any atom is 0.406 e. The molecule has 1 unspecified atom stereocenters. The van der Waals surface area contributed by atoms with Gasteiger partial charge < -0.3 is 15.7 Å². The molecule has 0 aromatic heterocycles. The van der Waals surface area contributed by atoms with Crippen LogP contribution in [-0.2, 0) is 4.79 Å². The van der Waals surface area contributed by atoms with E-state index in [0.717, 1.165) is 0 Å². The molecule has 0 spiro atoms. The van der Waals surface area contributed by atoms with Crippen LogP contribution in [0.1, 0.15) is 27.2 Å². The second kappa shape index (κ2) is 7.09. The summed E-state index contributed by atoms with van der Waals surface area (Å²) in [5, 5.41) is 8.78. The van der Waals surface area contributed by atoms with Gasteiger partial charge in [0.05, 0.1) is 12.5 Å². The van der Waals surface area contributed by atoms with Crippen LogP contribution in [-0.4, -0.2) is 48.3 Å². The minimum absolute atomic E-state index is 0.00408. The van der Waals surface area contributed by atoms with E-state index in [-0.39, 0.29) is 18.5 Å². The second-order valence-corrected chi connectivity index (χ2v) is 5.80. The van der Waals surface area contributed by atoms with Crippen molar-refractivity contribution in [3.63, 3.8) is 0 Å². The number of aliphatic hydroxyl groups excluding tert-OH is 1. The van der Waals surface area contributed by atoms with Crippen LogP contribution in [0, 0.1) is 11.3 Å². The van der Waals surface area contributed by atoms with Gasteiger partial charge in [0.25, 0.3) is 0 Å². The van der Waals surface area contributed by atoms with Gasteiger partial charge in [0.1, 0.15) is 6.54 Å². The Labute approximate surface area is 111 Å². The number of halogens is 3. The predicted octanol–water partition coefficient (Wildman–Crippen LogP) is 1.38. The fraction of sp³-hybridized carbons (Fsp3) is 0.917. The van der Waals surface area contributed by atoms with Crippen LogP contribution in [0.25, 0.3) is 0 Å². The van der Waals surface area contributed by atoms with E-state index in [0.29, 0.717) is 11.3 Å². The normalized spacial score (nSPS) is 14.3. The third-order valence-corrected chi connectivity index (χ3v) is 2.54. The molecule has 0 bridgehead atoms. The summed E-state index contributed by atoms with van der Waals surface area (Å²) < 4.78 is 37.2. The van der Waals surface area contributed by atoms with Crippen molar-refractivity contribution in [2.24, 2.45) is 17.1 Å². The topological polar surface area (TPSA) is 66.6 Å². The quantitative estimate of drug-likeness (QED) is 0.774. The Morgan fingerprint density at radius 1 is 1.32 bits per heavy atom. The summed E-state index contributed by atoms with van der Waals surface area (Å²) in [4.78, 5) is 12.7. The maximum absolute atomic E-state index is 12.4. The smallest absolute Gasteiger partial charge is 0.395 e. The highest BCUT2D eigenvalue weighted by Crippen LogP contribution is 2.26. The molecule has 0 aliphatic carbocycles. The summed E-state index contributed by atoms with van der Waals surface area (Å²) in [7, 11) is 0. The first-order valence-electron chi connectivity index (χ1n) is 6.16.